The molecule has 0 bridgehead atoms. The summed E-state index contributed by atoms with van der Waals surface area (Å²) in [5.74, 6) is 0. The van der Waals surface area contributed by atoms with Gasteiger partial charge in [-0.1, -0.05) is 134 Å². The summed E-state index contributed by atoms with van der Waals surface area (Å²) in [7, 11) is 0. The maximum Gasteiger partial charge on any atom is 0.0205 e. The van der Waals surface area contributed by atoms with Crippen LogP contribution in [0.15, 0.2) is 115 Å². The van der Waals surface area contributed by atoms with E-state index in [0.717, 1.165) is 32.6 Å². The Morgan fingerprint density at radius 2 is 0.825 bits per heavy atom. The SMILES string of the molecule is Cc1ccc(CCNCCCCCc2ccccc2)cc1.c1ccc(CCCCCNCc2ccccc2)cc1. The van der Waals surface area contributed by atoms with E-state index in [4.69, 9.17) is 0 Å². The molecule has 4 aromatic rings. The van der Waals surface area contributed by atoms with E-state index in [1.165, 1.54) is 79.2 Å². The average molecular weight is 535 g/mol. The molecule has 0 aliphatic carbocycles. The van der Waals surface area contributed by atoms with Crippen LogP contribution in [0.5, 0.6) is 0 Å². The number of hydrogen-bond acceptors (Lipinski definition) is 2. The first-order valence-electron chi connectivity index (χ1n) is 15.4. The molecule has 0 aliphatic rings. The van der Waals surface area contributed by atoms with Gasteiger partial charge < -0.3 is 10.6 Å². The van der Waals surface area contributed by atoms with Crippen LogP contribution < -0.4 is 10.6 Å². The molecule has 0 saturated carbocycles. The van der Waals surface area contributed by atoms with E-state index in [9.17, 15) is 0 Å². The molecule has 0 atom stereocenters. The highest BCUT2D eigenvalue weighted by atomic mass is 14.8. The van der Waals surface area contributed by atoms with Crippen LogP contribution in [0.4, 0.5) is 0 Å². The van der Waals surface area contributed by atoms with Crippen molar-refractivity contribution in [1.82, 2.24) is 10.6 Å². The Labute approximate surface area is 244 Å². The molecule has 212 valence electrons. The Balaban J connectivity index is 0.000000222. The summed E-state index contributed by atoms with van der Waals surface area (Å²) in [6.45, 7) is 6.46. The molecule has 4 aromatic carbocycles. The van der Waals surface area contributed by atoms with E-state index >= 15 is 0 Å². The summed E-state index contributed by atoms with van der Waals surface area (Å²) in [4.78, 5) is 0. The smallest absolute Gasteiger partial charge is 0.0205 e. The average Bonchev–Trinajstić information content (AvgIpc) is 3.01. The molecule has 0 aromatic heterocycles. The van der Waals surface area contributed by atoms with E-state index in [1.807, 2.05) is 0 Å². The zero-order chi connectivity index (χ0) is 27.9. The highest BCUT2D eigenvalue weighted by molar-refractivity contribution is 5.21. The first-order chi connectivity index (χ1) is 19.8. The van der Waals surface area contributed by atoms with Crippen molar-refractivity contribution in [3.63, 3.8) is 0 Å². The molecule has 2 N–H and O–H groups in total. The fourth-order valence-electron chi connectivity index (χ4n) is 4.74. The third-order valence-electron chi connectivity index (χ3n) is 7.21. The second-order valence-electron chi connectivity index (χ2n) is 10.7. The molecule has 0 spiro atoms. The summed E-state index contributed by atoms with van der Waals surface area (Å²) < 4.78 is 0. The van der Waals surface area contributed by atoms with Crippen LogP contribution in [0.2, 0.25) is 0 Å². The van der Waals surface area contributed by atoms with Crippen LogP contribution in [0.25, 0.3) is 0 Å². The van der Waals surface area contributed by atoms with Gasteiger partial charge >= 0.3 is 0 Å². The molecule has 2 nitrogen and oxygen atoms in total. The molecule has 0 unspecified atom stereocenters. The third-order valence-corrected chi connectivity index (χ3v) is 7.21. The fourth-order valence-corrected chi connectivity index (χ4v) is 4.74. The summed E-state index contributed by atoms with van der Waals surface area (Å²) in [5, 5.41) is 7.05. The van der Waals surface area contributed by atoms with E-state index in [0.29, 0.717) is 0 Å². The number of unbranched alkanes of at least 4 members (excludes halogenated alkanes) is 4. The maximum absolute atomic E-state index is 3.55. The molecule has 0 fully saturated rings. The Morgan fingerprint density at radius 1 is 0.375 bits per heavy atom. The lowest BCUT2D eigenvalue weighted by atomic mass is 10.1. The van der Waals surface area contributed by atoms with Crippen LogP contribution in [0.1, 0.15) is 66.3 Å². The lowest BCUT2D eigenvalue weighted by Crippen LogP contribution is -2.18. The summed E-state index contributed by atoms with van der Waals surface area (Å²) >= 11 is 0. The molecule has 0 amide bonds. The second-order valence-corrected chi connectivity index (χ2v) is 10.7. The minimum absolute atomic E-state index is 0.986. The van der Waals surface area contributed by atoms with Crippen LogP contribution in [-0.4, -0.2) is 19.6 Å². The highest BCUT2D eigenvalue weighted by Crippen LogP contribution is 2.07. The standard InChI is InChI=1S/C20H27N.C18H23N/c1-18-11-13-20(14-12-18)15-17-21-16-7-3-6-10-19-8-4-2-5-9-19;1-4-10-17(11-5-1)12-8-3-9-15-19-16-18-13-6-2-7-14-18/h2,4-5,8-9,11-14,21H,3,6-7,10,15-17H2,1H3;1-2,4-7,10-11,13-14,19H,3,8-9,12,15-16H2. The molecule has 2 heteroatoms. The van der Waals surface area contributed by atoms with E-state index < -0.39 is 0 Å². The number of hydrogen-bond donors (Lipinski definition) is 2. The first-order valence-corrected chi connectivity index (χ1v) is 15.4. The van der Waals surface area contributed by atoms with Gasteiger partial charge in [-0.15, -0.1) is 0 Å². The van der Waals surface area contributed by atoms with Gasteiger partial charge in [0.2, 0.25) is 0 Å². The number of rotatable bonds is 17. The minimum atomic E-state index is 0.986. The van der Waals surface area contributed by atoms with Gasteiger partial charge in [-0.05, 0) is 93.8 Å². The fraction of sp³-hybridized carbons (Fsp3) is 0.368. The third kappa shape index (κ3) is 14.8. The first kappa shape index (κ1) is 31.3. The maximum atomic E-state index is 3.55. The van der Waals surface area contributed by atoms with Gasteiger partial charge in [0.15, 0.2) is 0 Å². The zero-order valence-corrected chi connectivity index (χ0v) is 24.7. The second kappa shape index (κ2) is 20.7. The van der Waals surface area contributed by atoms with Gasteiger partial charge in [0, 0.05) is 6.54 Å². The van der Waals surface area contributed by atoms with Crippen molar-refractivity contribution in [3.05, 3.63) is 143 Å². The Bertz CT molecular complexity index is 1070. The molecule has 0 saturated heterocycles. The molecule has 40 heavy (non-hydrogen) atoms. The van der Waals surface area contributed by atoms with Gasteiger partial charge in [0.25, 0.3) is 0 Å². The number of benzene rings is 4. The number of aryl methyl sites for hydroxylation is 3. The molecule has 0 aliphatic heterocycles. The van der Waals surface area contributed by atoms with Gasteiger partial charge in [0.1, 0.15) is 0 Å². The quantitative estimate of drug-likeness (QED) is 0.132. The zero-order valence-electron chi connectivity index (χ0n) is 24.7. The minimum Gasteiger partial charge on any atom is -0.316 e. The lowest BCUT2D eigenvalue weighted by Gasteiger charge is -2.06. The van der Waals surface area contributed by atoms with Crippen LogP contribution >= 0.6 is 0 Å². The van der Waals surface area contributed by atoms with Crippen molar-refractivity contribution in [2.45, 2.75) is 71.3 Å². The van der Waals surface area contributed by atoms with Crippen LogP contribution in [0, 0.1) is 6.92 Å². The molecule has 0 radical (unpaired) electrons. The van der Waals surface area contributed by atoms with Crippen molar-refractivity contribution in [2.75, 3.05) is 19.6 Å². The molecule has 0 heterocycles. The Hall–Kier alpha value is -3.20. The highest BCUT2D eigenvalue weighted by Gasteiger charge is 1.96. The van der Waals surface area contributed by atoms with Gasteiger partial charge in [-0.2, -0.15) is 0 Å². The van der Waals surface area contributed by atoms with Crippen LogP contribution in [-0.2, 0) is 25.8 Å². The summed E-state index contributed by atoms with van der Waals surface area (Å²) in [6.07, 6.45) is 11.3. The molecular weight excluding hydrogens is 484 g/mol. The Morgan fingerprint density at radius 3 is 1.35 bits per heavy atom. The Kier molecular flexibility index (Phi) is 16.2. The predicted molar refractivity (Wildman–Crippen MR) is 174 cm³/mol. The molecular formula is C38H50N2. The van der Waals surface area contributed by atoms with Gasteiger partial charge in [-0.25, -0.2) is 0 Å². The van der Waals surface area contributed by atoms with E-state index in [1.54, 1.807) is 0 Å². The van der Waals surface area contributed by atoms with Crippen molar-refractivity contribution in [1.29, 1.82) is 0 Å². The molecule has 4 rings (SSSR count). The summed E-state index contributed by atoms with van der Waals surface area (Å²) in [6, 6.07) is 41.0. The number of nitrogens with one attached hydrogen (secondary N) is 2. The van der Waals surface area contributed by atoms with Crippen LogP contribution in [0.3, 0.4) is 0 Å². The summed E-state index contributed by atoms with van der Waals surface area (Å²) in [5.41, 5.74) is 7.05. The van der Waals surface area contributed by atoms with Crippen molar-refractivity contribution < 1.29 is 0 Å². The monoisotopic (exact) mass is 534 g/mol. The predicted octanol–water partition coefficient (Wildman–Crippen LogP) is 8.73. The van der Waals surface area contributed by atoms with Gasteiger partial charge in [-0.3, -0.25) is 0 Å². The van der Waals surface area contributed by atoms with E-state index in [-0.39, 0.29) is 0 Å². The largest absolute Gasteiger partial charge is 0.316 e. The van der Waals surface area contributed by atoms with Crippen molar-refractivity contribution in [2.24, 2.45) is 0 Å². The normalized spacial score (nSPS) is 10.6. The van der Waals surface area contributed by atoms with Crippen molar-refractivity contribution in [3.8, 4) is 0 Å². The lowest BCUT2D eigenvalue weighted by molar-refractivity contribution is 0.603. The van der Waals surface area contributed by atoms with E-state index in [2.05, 4.69) is 133 Å². The van der Waals surface area contributed by atoms with Crippen molar-refractivity contribution >= 4 is 0 Å². The topological polar surface area (TPSA) is 24.1 Å². The van der Waals surface area contributed by atoms with Gasteiger partial charge in [0.05, 0.1) is 0 Å².